The third-order valence-corrected chi connectivity index (χ3v) is 5.29. The van der Waals surface area contributed by atoms with E-state index < -0.39 is 5.91 Å². The van der Waals surface area contributed by atoms with Crippen LogP contribution in [-0.4, -0.2) is 31.6 Å². The number of aromatic nitrogens is 3. The number of hydrogen-bond acceptors (Lipinski definition) is 6. The van der Waals surface area contributed by atoms with Gasteiger partial charge in [-0.25, -0.2) is 4.68 Å². The molecule has 1 amide bonds. The zero-order chi connectivity index (χ0) is 20.3. The van der Waals surface area contributed by atoms with E-state index in [2.05, 4.69) is 20.9 Å². The van der Waals surface area contributed by atoms with Crippen molar-refractivity contribution in [2.24, 2.45) is 0 Å². The summed E-state index contributed by atoms with van der Waals surface area (Å²) in [5.74, 6) is 1.54. The monoisotopic (exact) mass is 455 g/mol. The summed E-state index contributed by atoms with van der Waals surface area (Å²) in [5, 5.41) is 12.2. The van der Waals surface area contributed by atoms with Crippen molar-refractivity contribution in [1.29, 1.82) is 0 Å². The van der Waals surface area contributed by atoms with E-state index in [1.165, 1.54) is 11.8 Å². The summed E-state index contributed by atoms with van der Waals surface area (Å²) in [4.78, 5) is 12.4. The maximum absolute atomic E-state index is 12.4. The smallest absolute Gasteiger partial charge is 0.293 e. The number of furan rings is 1. The first-order chi connectivity index (χ1) is 13.4. The first-order valence-electron chi connectivity index (χ1n) is 8.11. The van der Waals surface area contributed by atoms with Gasteiger partial charge in [0.25, 0.3) is 5.91 Å². The summed E-state index contributed by atoms with van der Waals surface area (Å²) in [6.45, 7) is 3.78. The van der Waals surface area contributed by atoms with Gasteiger partial charge in [0.15, 0.2) is 10.9 Å². The van der Waals surface area contributed by atoms with E-state index in [9.17, 15) is 4.79 Å². The van der Waals surface area contributed by atoms with Gasteiger partial charge in [-0.1, -0.05) is 41.9 Å². The van der Waals surface area contributed by atoms with E-state index in [4.69, 9.17) is 39.8 Å². The molecule has 0 radical (unpaired) electrons. The van der Waals surface area contributed by atoms with Crippen LogP contribution in [0.25, 0.3) is 11.3 Å². The minimum Gasteiger partial charge on any atom is -0.451 e. The largest absolute Gasteiger partial charge is 0.451 e. The molecule has 0 saturated carbocycles. The molecule has 0 spiro atoms. The lowest BCUT2D eigenvalue weighted by Crippen LogP contribution is -2.38. The van der Waals surface area contributed by atoms with Gasteiger partial charge < -0.3 is 4.42 Å². The summed E-state index contributed by atoms with van der Waals surface area (Å²) >= 11 is 18.7. The van der Waals surface area contributed by atoms with Crippen LogP contribution in [0.15, 0.2) is 39.9 Å². The molecule has 1 aromatic carbocycles. The topological polar surface area (TPSA) is 85.0 Å². The van der Waals surface area contributed by atoms with E-state index in [1.807, 2.05) is 6.92 Å². The summed E-state index contributed by atoms with van der Waals surface area (Å²) in [7, 11) is 0. The Kier molecular flexibility index (Phi) is 6.61. The quantitative estimate of drug-likeness (QED) is 0.431. The lowest BCUT2D eigenvalue weighted by atomic mass is 10.2. The van der Waals surface area contributed by atoms with E-state index >= 15 is 0 Å². The van der Waals surface area contributed by atoms with Gasteiger partial charge in [0.05, 0.1) is 10.0 Å². The number of aryl methyl sites for hydroxylation is 1. The van der Waals surface area contributed by atoms with Gasteiger partial charge in [0.2, 0.25) is 5.16 Å². The predicted molar refractivity (Wildman–Crippen MR) is 115 cm³/mol. The minimum atomic E-state index is -0.487. The first-order valence-corrected chi connectivity index (χ1v) is 10.3. The molecule has 0 saturated heterocycles. The number of nitrogens with one attached hydrogen (secondary N) is 2. The Morgan fingerprint density at radius 2 is 2.04 bits per heavy atom. The number of nitrogens with zero attached hydrogens (tertiary/aromatic N) is 3. The molecular weight excluding hydrogens is 441 g/mol. The summed E-state index contributed by atoms with van der Waals surface area (Å²) in [6, 6.07) is 8.30. The molecule has 7 nitrogen and oxygen atoms in total. The second-order valence-electron chi connectivity index (χ2n) is 5.49. The molecule has 0 bridgehead atoms. The van der Waals surface area contributed by atoms with Crippen LogP contribution in [0.5, 0.6) is 0 Å². The molecule has 0 aliphatic heterocycles. The zero-order valence-corrected chi connectivity index (χ0v) is 18.0. The number of carbonyl (C=O) groups excluding carboxylic acids is 1. The molecular formula is C17H15Cl2N5O2S2. The van der Waals surface area contributed by atoms with Gasteiger partial charge in [-0.2, -0.15) is 0 Å². The standard InChI is InChI=1S/C17H15Cl2N5O2S2/c1-3-28-17-22-21-9(2)24(17)23-16(27)20-15(25)14-7-6-13(26-14)10-4-5-11(18)12(19)8-10/h4-8H,3H2,1-2H3,(H2,20,23,25,27). The van der Waals surface area contributed by atoms with Gasteiger partial charge in [0, 0.05) is 5.56 Å². The molecule has 146 valence electrons. The molecule has 0 aliphatic rings. The fourth-order valence-corrected chi connectivity index (χ4v) is 3.40. The van der Waals surface area contributed by atoms with Gasteiger partial charge in [-0.3, -0.25) is 15.5 Å². The molecule has 3 aromatic rings. The molecule has 28 heavy (non-hydrogen) atoms. The molecule has 3 rings (SSSR count). The second kappa shape index (κ2) is 8.95. The Hall–Kier alpha value is -2.07. The molecule has 0 unspecified atom stereocenters. The van der Waals surface area contributed by atoms with Crippen LogP contribution < -0.4 is 10.7 Å². The average Bonchev–Trinajstić information content (AvgIpc) is 3.27. The first kappa shape index (κ1) is 20.7. The maximum Gasteiger partial charge on any atom is 0.293 e. The van der Waals surface area contributed by atoms with Crippen molar-refractivity contribution >= 4 is 58.2 Å². The molecule has 0 atom stereocenters. The van der Waals surface area contributed by atoms with Crippen molar-refractivity contribution < 1.29 is 9.21 Å². The van der Waals surface area contributed by atoms with Crippen molar-refractivity contribution in [3.63, 3.8) is 0 Å². The molecule has 2 heterocycles. The summed E-state index contributed by atoms with van der Waals surface area (Å²) < 4.78 is 7.22. The lowest BCUT2D eigenvalue weighted by Gasteiger charge is -2.12. The van der Waals surface area contributed by atoms with Crippen LogP contribution in [0.4, 0.5) is 0 Å². The normalized spacial score (nSPS) is 10.7. The van der Waals surface area contributed by atoms with Crippen molar-refractivity contribution in [2.75, 3.05) is 11.2 Å². The van der Waals surface area contributed by atoms with E-state index in [0.717, 1.165) is 5.75 Å². The van der Waals surface area contributed by atoms with E-state index in [0.29, 0.717) is 32.3 Å². The van der Waals surface area contributed by atoms with E-state index in [-0.39, 0.29) is 10.9 Å². The van der Waals surface area contributed by atoms with Crippen molar-refractivity contribution in [2.45, 2.75) is 19.0 Å². The number of thioether (sulfide) groups is 1. The highest BCUT2D eigenvalue weighted by molar-refractivity contribution is 7.99. The van der Waals surface area contributed by atoms with Gasteiger partial charge in [-0.15, -0.1) is 10.2 Å². The Morgan fingerprint density at radius 3 is 2.75 bits per heavy atom. The number of benzene rings is 1. The maximum atomic E-state index is 12.4. The highest BCUT2D eigenvalue weighted by Crippen LogP contribution is 2.29. The SMILES string of the molecule is CCSc1nnc(C)n1NC(=S)NC(=O)c1ccc(-c2ccc(Cl)c(Cl)c2)o1. The predicted octanol–water partition coefficient (Wildman–Crippen LogP) is 4.52. The van der Waals surface area contributed by atoms with Crippen LogP contribution >= 0.6 is 47.2 Å². The summed E-state index contributed by atoms with van der Waals surface area (Å²) in [6.07, 6.45) is 0. The molecule has 0 aliphatic carbocycles. The third kappa shape index (κ3) is 4.67. The van der Waals surface area contributed by atoms with Crippen molar-refractivity contribution in [3.8, 4) is 11.3 Å². The van der Waals surface area contributed by atoms with Crippen LogP contribution in [0, 0.1) is 6.92 Å². The Labute approximate surface area is 180 Å². The summed E-state index contributed by atoms with van der Waals surface area (Å²) in [5.41, 5.74) is 3.60. The van der Waals surface area contributed by atoms with Crippen LogP contribution in [0.2, 0.25) is 10.0 Å². The Bertz CT molecular complexity index is 1030. The molecule has 11 heteroatoms. The molecule has 2 N–H and O–H groups in total. The minimum absolute atomic E-state index is 0.0957. The highest BCUT2D eigenvalue weighted by Gasteiger charge is 2.16. The molecule has 0 fully saturated rings. The average molecular weight is 456 g/mol. The number of carbonyl (C=O) groups is 1. The third-order valence-electron chi connectivity index (χ3n) is 3.54. The molecule has 2 aromatic heterocycles. The Morgan fingerprint density at radius 1 is 1.25 bits per heavy atom. The number of amides is 1. The number of hydrogen-bond donors (Lipinski definition) is 2. The lowest BCUT2D eigenvalue weighted by molar-refractivity contribution is 0.0951. The van der Waals surface area contributed by atoms with Crippen molar-refractivity contribution in [3.05, 3.63) is 52.0 Å². The van der Waals surface area contributed by atoms with Gasteiger partial charge in [0.1, 0.15) is 11.6 Å². The van der Waals surface area contributed by atoms with Gasteiger partial charge in [-0.05, 0) is 55.2 Å². The fraction of sp³-hybridized carbons (Fsp3) is 0.176. The fourth-order valence-electron chi connectivity index (χ4n) is 2.25. The van der Waals surface area contributed by atoms with Crippen LogP contribution in [-0.2, 0) is 0 Å². The van der Waals surface area contributed by atoms with Crippen LogP contribution in [0.3, 0.4) is 0 Å². The zero-order valence-electron chi connectivity index (χ0n) is 14.8. The second-order valence-corrected chi connectivity index (χ2v) is 7.94. The van der Waals surface area contributed by atoms with Crippen molar-refractivity contribution in [1.82, 2.24) is 20.2 Å². The number of thiocarbonyl (C=S) groups is 1. The Balaban J connectivity index is 1.68. The van der Waals surface area contributed by atoms with Crippen LogP contribution in [0.1, 0.15) is 23.3 Å². The van der Waals surface area contributed by atoms with Gasteiger partial charge >= 0.3 is 0 Å². The van der Waals surface area contributed by atoms with E-state index in [1.54, 1.807) is 41.9 Å². The number of halogens is 2. The number of rotatable bonds is 5. The highest BCUT2D eigenvalue weighted by atomic mass is 35.5.